The van der Waals surface area contributed by atoms with Crippen molar-refractivity contribution in [1.29, 1.82) is 0 Å². The number of rotatable bonds is 7. The van der Waals surface area contributed by atoms with Gasteiger partial charge in [0, 0.05) is 37.2 Å². The van der Waals surface area contributed by atoms with Crippen LogP contribution in [0.3, 0.4) is 0 Å². The lowest BCUT2D eigenvalue weighted by Crippen LogP contribution is -2.23. The summed E-state index contributed by atoms with van der Waals surface area (Å²) in [6.07, 6.45) is 0.552. The Bertz CT molecular complexity index is 1200. The highest BCUT2D eigenvalue weighted by Crippen LogP contribution is 2.64. The highest BCUT2D eigenvalue weighted by molar-refractivity contribution is 7.99. The molecule has 5 rings (SSSR count). The predicted molar refractivity (Wildman–Crippen MR) is 125 cm³/mol. The molecule has 1 N–H and O–H groups in total. The number of nitrogens with zero attached hydrogens (tertiary/aromatic N) is 4. The van der Waals surface area contributed by atoms with Gasteiger partial charge >= 0.3 is 6.18 Å². The fourth-order valence-electron chi connectivity index (χ4n) is 5.04. The Hall–Kier alpha value is -2.59. The Kier molecular flexibility index (Phi) is 6.05. The van der Waals surface area contributed by atoms with Gasteiger partial charge in [-0.1, -0.05) is 23.9 Å². The molecule has 3 heterocycles. The van der Waals surface area contributed by atoms with Crippen molar-refractivity contribution in [3.8, 4) is 11.4 Å². The number of aromatic amines is 1. The minimum absolute atomic E-state index is 0.152. The van der Waals surface area contributed by atoms with Gasteiger partial charge in [-0.15, -0.1) is 10.2 Å². The van der Waals surface area contributed by atoms with Crippen LogP contribution in [0.15, 0.2) is 52.5 Å². The third kappa shape index (κ3) is 4.65. The van der Waals surface area contributed by atoms with Crippen molar-refractivity contribution in [2.75, 3.05) is 25.4 Å². The molecule has 0 amide bonds. The lowest BCUT2D eigenvalue weighted by molar-refractivity contribution is -0.137. The van der Waals surface area contributed by atoms with E-state index in [9.17, 15) is 18.0 Å². The van der Waals surface area contributed by atoms with E-state index < -0.39 is 11.7 Å². The quantitative estimate of drug-likeness (QED) is 0.390. The normalized spacial score (nSPS) is 22.5. The van der Waals surface area contributed by atoms with E-state index in [1.807, 2.05) is 11.6 Å². The molecule has 1 aliphatic heterocycles. The number of hydrogen-bond acceptors (Lipinski definition) is 5. The van der Waals surface area contributed by atoms with Crippen LogP contribution in [-0.2, 0) is 13.2 Å². The summed E-state index contributed by atoms with van der Waals surface area (Å²) >= 11 is 1.66. The average molecular weight is 490 g/mol. The first-order valence-electron chi connectivity index (χ1n) is 11.4. The summed E-state index contributed by atoms with van der Waals surface area (Å²) in [4.78, 5) is 16.4. The van der Waals surface area contributed by atoms with Crippen LogP contribution in [-0.4, -0.2) is 50.0 Å². The Balaban J connectivity index is 1.09. The first kappa shape index (κ1) is 23.2. The van der Waals surface area contributed by atoms with E-state index in [1.54, 1.807) is 36.2 Å². The van der Waals surface area contributed by atoms with Gasteiger partial charge in [-0.25, -0.2) is 0 Å². The maximum atomic E-state index is 12.8. The second kappa shape index (κ2) is 8.88. The lowest BCUT2D eigenvalue weighted by Gasteiger charge is -2.16. The van der Waals surface area contributed by atoms with E-state index in [0.29, 0.717) is 11.7 Å². The van der Waals surface area contributed by atoms with E-state index in [0.717, 1.165) is 60.9 Å². The first-order chi connectivity index (χ1) is 16.2. The lowest BCUT2D eigenvalue weighted by atomic mass is 9.97. The minimum atomic E-state index is -4.28. The van der Waals surface area contributed by atoms with Crippen LogP contribution in [0.2, 0.25) is 0 Å². The zero-order valence-electron chi connectivity index (χ0n) is 18.8. The van der Waals surface area contributed by atoms with E-state index in [4.69, 9.17) is 0 Å². The minimum Gasteiger partial charge on any atom is -0.328 e. The van der Waals surface area contributed by atoms with Crippen LogP contribution < -0.4 is 5.56 Å². The third-order valence-corrected chi connectivity index (χ3v) is 8.13. The van der Waals surface area contributed by atoms with Gasteiger partial charge in [-0.3, -0.25) is 4.79 Å². The molecule has 3 aromatic rings. The number of alkyl halides is 3. The molecule has 2 fully saturated rings. The van der Waals surface area contributed by atoms with Crippen molar-refractivity contribution in [3.63, 3.8) is 0 Å². The van der Waals surface area contributed by atoms with Gasteiger partial charge in [0.05, 0.1) is 5.56 Å². The van der Waals surface area contributed by atoms with Gasteiger partial charge in [-0.05, 0) is 67.4 Å². The SMILES string of the molecule is Cn1c(SCCCN2CC[C@@]3(C[C@H]3c3ccc(C(F)(F)F)cc3)C2)nnc1-c1ccc(=O)[nH]c1. The Morgan fingerprint density at radius 1 is 1.18 bits per heavy atom. The highest BCUT2D eigenvalue weighted by Gasteiger charge is 2.57. The molecule has 0 radical (unpaired) electrons. The molecule has 1 saturated carbocycles. The van der Waals surface area contributed by atoms with E-state index >= 15 is 0 Å². The van der Waals surface area contributed by atoms with Gasteiger partial charge in [0.25, 0.3) is 0 Å². The zero-order chi connectivity index (χ0) is 23.9. The maximum absolute atomic E-state index is 12.8. The molecule has 34 heavy (non-hydrogen) atoms. The van der Waals surface area contributed by atoms with Gasteiger partial charge in [0.1, 0.15) is 0 Å². The summed E-state index contributed by atoms with van der Waals surface area (Å²) in [7, 11) is 1.92. The molecular formula is C24H26F3N5OS. The second-order valence-electron chi connectivity index (χ2n) is 9.27. The van der Waals surface area contributed by atoms with Crippen molar-refractivity contribution in [2.24, 2.45) is 12.5 Å². The summed E-state index contributed by atoms with van der Waals surface area (Å²) in [5.41, 5.74) is 1.36. The number of hydrogen-bond donors (Lipinski definition) is 1. The molecular weight excluding hydrogens is 463 g/mol. The number of benzene rings is 1. The number of pyridine rings is 1. The van der Waals surface area contributed by atoms with Crippen molar-refractivity contribution in [3.05, 3.63) is 64.1 Å². The van der Waals surface area contributed by atoms with Crippen LogP contribution in [0.5, 0.6) is 0 Å². The fourth-order valence-corrected chi connectivity index (χ4v) is 5.88. The smallest absolute Gasteiger partial charge is 0.328 e. The largest absolute Gasteiger partial charge is 0.416 e. The molecule has 1 aliphatic carbocycles. The van der Waals surface area contributed by atoms with Crippen LogP contribution in [0.4, 0.5) is 13.2 Å². The van der Waals surface area contributed by atoms with Crippen molar-refractivity contribution >= 4 is 11.8 Å². The fraction of sp³-hybridized carbons (Fsp3) is 0.458. The van der Waals surface area contributed by atoms with E-state index in [2.05, 4.69) is 20.1 Å². The predicted octanol–water partition coefficient (Wildman–Crippen LogP) is 4.55. The number of aromatic nitrogens is 4. The molecule has 2 aromatic heterocycles. The number of halogens is 3. The van der Waals surface area contributed by atoms with E-state index in [-0.39, 0.29) is 11.0 Å². The average Bonchev–Trinajstić information content (AvgIpc) is 3.16. The molecule has 0 bridgehead atoms. The molecule has 1 aromatic carbocycles. The maximum Gasteiger partial charge on any atom is 0.416 e. The summed E-state index contributed by atoms with van der Waals surface area (Å²) in [6, 6.07) is 8.94. The number of nitrogens with one attached hydrogen (secondary N) is 1. The van der Waals surface area contributed by atoms with Crippen molar-refractivity contribution in [2.45, 2.75) is 36.5 Å². The number of likely N-dealkylation sites (tertiary alicyclic amines) is 1. The topological polar surface area (TPSA) is 66.8 Å². The summed E-state index contributed by atoms with van der Waals surface area (Å²) in [6.45, 7) is 3.06. The molecule has 2 aliphatic rings. The van der Waals surface area contributed by atoms with E-state index in [1.165, 1.54) is 18.2 Å². The Morgan fingerprint density at radius 3 is 2.68 bits per heavy atom. The van der Waals surface area contributed by atoms with Crippen LogP contribution >= 0.6 is 11.8 Å². The molecule has 0 unspecified atom stereocenters. The molecule has 10 heteroatoms. The molecule has 2 atom stereocenters. The molecule has 180 valence electrons. The summed E-state index contributed by atoms with van der Waals surface area (Å²) in [5, 5.41) is 9.37. The monoisotopic (exact) mass is 489 g/mol. The molecule has 1 spiro atoms. The zero-order valence-corrected chi connectivity index (χ0v) is 19.6. The van der Waals surface area contributed by atoms with Crippen LogP contribution in [0.1, 0.15) is 36.3 Å². The van der Waals surface area contributed by atoms with Gasteiger partial charge < -0.3 is 14.5 Å². The first-order valence-corrected chi connectivity index (χ1v) is 12.3. The standard InChI is InChI=1S/C24H26F3N5OS/c1-31-21(17-5-8-20(33)28-14-17)29-30-22(31)34-12-2-10-32-11-9-23(15-32)13-19(23)16-3-6-18(7-4-16)24(25,26)27/h3-8,14,19H,2,9-13,15H2,1H3,(H,28,33)/t19-,23+/m0/s1. The Labute approximate surface area is 199 Å². The Morgan fingerprint density at radius 2 is 1.97 bits per heavy atom. The van der Waals surface area contributed by atoms with Gasteiger partial charge in [-0.2, -0.15) is 13.2 Å². The van der Waals surface area contributed by atoms with Crippen LogP contribution in [0, 0.1) is 5.41 Å². The van der Waals surface area contributed by atoms with Gasteiger partial charge in [0.2, 0.25) is 5.56 Å². The number of H-pyrrole nitrogens is 1. The highest BCUT2D eigenvalue weighted by atomic mass is 32.2. The molecule has 1 saturated heterocycles. The van der Waals surface area contributed by atoms with Gasteiger partial charge in [0.15, 0.2) is 11.0 Å². The third-order valence-electron chi connectivity index (χ3n) is 7.02. The van der Waals surface area contributed by atoms with Crippen molar-refractivity contribution < 1.29 is 13.2 Å². The summed E-state index contributed by atoms with van der Waals surface area (Å²) in [5.74, 6) is 2.01. The molecule has 6 nitrogen and oxygen atoms in total. The van der Waals surface area contributed by atoms with Crippen LogP contribution in [0.25, 0.3) is 11.4 Å². The second-order valence-corrected chi connectivity index (χ2v) is 10.3. The number of thioether (sulfide) groups is 1. The summed E-state index contributed by atoms with van der Waals surface area (Å²) < 4.78 is 40.4. The van der Waals surface area contributed by atoms with Crippen molar-refractivity contribution in [1.82, 2.24) is 24.6 Å².